The van der Waals surface area contributed by atoms with Gasteiger partial charge in [0.15, 0.2) is 0 Å². The van der Waals surface area contributed by atoms with Gasteiger partial charge in [-0.1, -0.05) is 12.6 Å². The molecule has 0 saturated heterocycles. The molecule has 7 heteroatoms. The highest BCUT2D eigenvalue weighted by atomic mass is 19.1. The molecule has 6 nitrogen and oxygen atoms in total. The molecule has 2 aromatic rings. The predicted octanol–water partition coefficient (Wildman–Crippen LogP) is 2.76. The molecule has 1 atom stereocenters. The summed E-state index contributed by atoms with van der Waals surface area (Å²) in [5.74, 6) is 0.0834. The third kappa shape index (κ3) is 3.71. The van der Waals surface area contributed by atoms with Crippen LogP contribution in [0.5, 0.6) is 0 Å². The third-order valence-corrected chi connectivity index (χ3v) is 5.46. The van der Waals surface area contributed by atoms with Crippen LogP contribution in [0.2, 0.25) is 0 Å². The van der Waals surface area contributed by atoms with Crippen LogP contribution in [0.3, 0.4) is 0 Å². The van der Waals surface area contributed by atoms with Crippen molar-refractivity contribution in [3.63, 3.8) is 0 Å². The average Bonchev–Trinajstić information content (AvgIpc) is 3.54. The van der Waals surface area contributed by atoms with E-state index in [1.807, 2.05) is 6.07 Å². The summed E-state index contributed by atoms with van der Waals surface area (Å²) in [5, 5.41) is 22.0. The van der Waals surface area contributed by atoms with Crippen LogP contribution in [0.25, 0.3) is 11.8 Å². The highest BCUT2D eigenvalue weighted by Gasteiger charge is 2.26. The first-order chi connectivity index (χ1) is 13.9. The van der Waals surface area contributed by atoms with Crippen LogP contribution in [-0.2, 0) is 7.05 Å². The Morgan fingerprint density at radius 1 is 1.31 bits per heavy atom. The van der Waals surface area contributed by atoms with Gasteiger partial charge < -0.3 is 25.0 Å². The van der Waals surface area contributed by atoms with E-state index in [9.17, 15) is 14.3 Å². The summed E-state index contributed by atoms with van der Waals surface area (Å²) in [5.41, 5.74) is 3.31. The number of pyridine rings is 1. The molecule has 1 aromatic heterocycles. The van der Waals surface area contributed by atoms with Crippen molar-refractivity contribution in [1.82, 2.24) is 9.47 Å². The number of aliphatic hydroxyl groups excluding tert-OH is 2. The molecule has 3 N–H and O–H groups in total. The lowest BCUT2D eigenvalue weighted by atomic mass is 10.0. The number of anilines is 2. The van der Waals surface area contributed by atoms with E-state index in [1.54, 1.807) is 36.4 Å². The maximum Gasteiger partial charge on any atom is 0.252 e. The lowest BCUT2D eigenvalue weighted by molar-refractivity contribution is 0.0821. The minimum Gasteiger partial charge on any atom is -0.394 e. The molecule has 0 radical (unpaired) electrons. The van der Waals surface area contributed by atoms with Gasteiger partial charge in [0.05, 0.1) is 36.3 Å². The predicted molar refractivity (Wildman–Crippen MR) is 111 cm³/mol. The molecule has 1 unspecified atom stereocenters. The Bertz CT molecular complexity index is 1060. The Labute approximate surface area is 168 Å². The minimum absolute atomic E-state index is 0.151. The van der Waals surface area contributed by atoms with E-state index in [4.69, 9.17) is 5.11 Å². The molecule has 152 valence electrons. The van der Waals surface area contributed by atoms with Crippen molar-refractivity contribution in [2.24, 2.45) is 7.05 Å². The van der Waals surface area contributed by atoms with Gasteiger partial charge in [0.25, 0.3) is 5.56 Å². The molecular formula is C22H24FN3O3. The molecule has 1 aromatic carbocycles. The number of aromatic nitrogens is 1. The van der Waals surface area contributed by atoms with Gasteiger partial charge in [0.2, 0.25) is 0 Å². The molecule has 1 fully saturated rings. The maximum absolute atomic E-state index is 14.7. The van der Waals surface area contributed by atoms with Crippen LogP contribution in [0.15, 0.2) is 41.8 Å². The van der Waals surface area contributed by atoms with Gasteiger partial charge in [0, 0.05) is 30.6 Å². The van der Waals surface area contributed by atoms with Crippen molar-refractivity contribution in [3.8, 4) is 0 Å². The Morgan fingerprint density at radius 2 is 2.07 bits per heavy atom. The average molecular weight is 397 g/mol. The van der Waals surface area contributed by atoms with Gasteiger partial charge in [-0.3, -0.25) is 4.79 Å². The summed E-state index contributed by atoms with van der Waals surface area (Å²) < 4.78 is 16.2. The molecule has 29 heavy (non-hydrogen) atoms. The number of hydrogen-bond donors (Lipinski definition) is 3. The van der Waals surface area contributed by atoms with Crippen molar-refractivity contribution in [1.29, 1.82) is 0 Å². The zero-order chi connectivity index (χ0) is 20.7. The van der Waals surface area contributed by atoms with E-state index in [0.29, 0.717) is 28.6 Å². The normalized spacial score (nSPS) is 16.7. The molecule has 1 aliphatic carbocycles. The Hall–Kier alpha value is -2.90. The molecule has 2 heterocycles. The monoisotopic (exact) mass is 397 g/mol. The summed E-state index contributed by atoms with van der Waals surface area (Å²) in [4.78, 5) is 14.1. The van der Waals surface area contributed by atoms with E-state index in [2.05, 4.69) is 11.9 Å². The summed E-state index contributed by atoms with van der Waals surface area (Å²) in [6, 6.07) is 6.57. The fraction of sp³-hybridized carbons (Fsp3) is 0.318. The molecular weight excluding hydrogens is 373 g/mol. The van der Waals surface area contributed by atoms with Crippen molar-refractivity contribution in [3.05, 3.63) is 70.0 Å². The summed E-state index contributed by atoms with van der Waals surface area (Å²) >= 11 is 0. The first kappa shape index (κ1) is 19.4. The van der Waals surface area contributed by atoms with Crippen molar-refractivity contribution < 1.29 is 14.6 Å². The topological polar surface area (TPSA) is 77.7 Å². The van der Waals surface area contributed by atoms with E-state index in [0.717, 1.165) is 18.4 Å². The maximum atomic E-state index is 14.7. The van der Waals surface area contributed by atoms with E-state index in [1.165, 1.54) is 10.6 Å². The van der Waals surface area contributed by atoms with Crippen LogP contribution < -0.4 is 10.9 Å². The van der Waals surface area contributed by atoms with Crippen LogP contribution in [0.1, 0.15) is 35.6 Å². The standard InChI is InChI=1S/C22H24FN3O3/c1-13-22-19(24-18-6-5-15(9-17(18)23)14-3-4-14)10-21(29)25(2)20(22)7-8-26(13)11-16(28)12-27/h5-10,14,16,24,27-28H,1,3-4,11-12H2,2H3. The number of β-amino-alcohol motifs (C(OH)–C–C–N with tert-alkyl or cyclic N) is 1. The SMILES string of the molecule is C=C1c2c(Nc3ccc(C4CC4)cc3F)cc(=O)n(C)c2C=CN1CC(O)CO. The number of nitrogens with one attached hydrogen (secondary N) is 1. The number of aliphatic hydroxyl groups is 2. The van der Waals surface area contributed by atoms with E-state index < -0.39 is 6.10 Å². The number of halogens is 1. The van der Waals surface area contributed by atoms with Crippen LogP contribution in [-0.4, -0.2) is 38.9 Å². The Balaban J connectivity index is 1.72. The van der Waals surface area contributed by atoms with Gasteiger partial charge in [0.1, 0.15) is 5.82 Å². The van der Waals surface area contributed by atoms with Crippen molar-refractivity contribution in [2.75, 3.05) is 18.5 Å². The fourth-order valence-corrected chi connectivity index (χ4v) is 3.61. The van der Waals surface area contributed by atoms with E-state index >= 15 is 0 Å². The van der Waals surface area contributed by atoms with Crippen LogP contribution >= 0.6 is 0 Å². The van der Waals surface area contributed by atoms with Crippen molar-refractivity contribution in [2.45, 2.75) is 24.9 Å². The minimum atomic E-state index is -0.936. The lowest BCUT2D eigenvalue weighted by Gasteiger charge is -2.31. The van der Waals surface area contributed by atoms with Crippen LogP contribution in [0, 0.1) is 5.82 Å². The fourth-order valence-electron chi connectivity index (χ4n) is 3.61. The van der Waals surface area contributed by atoms with Gasteiger partial charge in [-0.2, -0.15) is 0 Å². The van der Waals surface area contributed by atoms with Gasteiger partial charge in [-0.25, -0.2) is 4.39 Å². The molecule has 0 bridgehead atoms. The number of fused-ring (bicyclic) bond motifs is 1. The zero-order valence-corrected chi connectivity index (χ0v) is 16.2. The number of nitrogens with zero attached hydrogens (tertiary/aromatic N) is 2. The van der Waals surface area contributed by atoms with E-state index in [-0.39, 0.29) is 30.2 Å². The number of hydrogen-bond acceptors (Lipinski definition) is 5. The zero-order valence-electron chi connectivity index (χ0n) is 16.2. The van der Waals surface area contributed by atoms with Gasteiger partial charge in [-0.15, -0.1) is 0 Å². The molecule has 2 aliphatic rings. The molecule has 0 amide bonds. The van der Waals surface area contributed by atoms with Gasteiger partial charge in [-0.05, 0) is 42.5 Å². The third-order valence-electron chi connectivity index (χ3n) is 5.46. The smallest absolute Gasteiger partial charge is 0.252 e. The largest absolute Gasteiger partial charge is 0.394 e. The summed E-state index contributed by atoms with van der Waals surface area (Å²) in [6.45, 7) is 3.88. The first-order valence-corrected chi connectivity index (χ1v) is 9.62. The quantitative estimate of drug-likeness (QED) is 0.699. The summed E-state index contributed by atoms with van der Waals surface area (Å²) in [6.07, 6.45) is 4.70. The Morgan fingerprint density at radius 3 is 2.72 bits per heavy atom. The molecule has 4 rings (SSSR count). The molecule has 1 aliphatic heterocycles. The lowest BCUT2D eigenvalue weighted by Crippen LogP contribution is -2.32. The Kier molecular flexibility index (Phi) is 5.02. The van der Waals surface area contributed by atoms with Crippen molar-refractivity contribution >= 4 is 23.1 Å². The van der Waals surface area contributed by atoms with Gasteiger partial charge >= 0.3 is 0 Å². The second-order valence-electron chi connectivity index (χ2n) is 7.61. The number of benzene rings is 1. The highest BCUT2D eigenvalue weighted by molar-refractivity contribution is 5.85. The molecule has 0 spiro atoms. The number of rotatable bonds is 6. The first-order valence-electron chi connectivity index (χ1n) is 9.62. The second-order valence-corrected chi connectivity index (χ2v) is 7.61. The second kappa shape index (κ2) is 7.50. The molecule has 1 saturated carbocycles. The van der Waals surface area contributed by atoms with Crippen LogP contribution in [0.4, 0.5) is 15.8 Å². The highest BCUT2D eigenvalue weighted by Crippen LogP contribution is 2.41. The summed E-state index contributed by atoms with van der Waals surface area (Å²) in [7, 11) is 1.66.